The maximum absolute atomic E-state index is 12.4. The van der Waals surface area contributed by atoms with E-state index in [0.29, 0.717) is 29.7 Å². The van der Waals surface area contributed by atoms with Crippen molar-refractivity contribution in [2.75, 3.05) is 0 Å². The Balaban J connectivity index is 2.22. The van der Waals surface area contributed by atoms with Gasteiger partial charge in [-0.1, -0.05) is 33.1 Å². The molecule has 158 valence electrons. The van der Waals surface area contributed by atoms with Crippen LogP contribution in [-0.2, 0) is 16.0 Å². The summed E-state index contributed by atoms with van der Waals surface area (Å²) in [5.74, 6) is -1.46. The zero-order valence-corrected chi connectivity index (χ0v) is 17.4. The first-order chi connectivity index (χ1) is 13.8. The van der Waals surface area contributed by atoms with Crippen LogP contribution in [0.15, 0.2) is 27.4 Å². The predicted octanol–water partition coefficient (Wildman–Crippen LogP) is 2.25. The molecule has 0 saturated heterocycles. The third kappa shape index (κ3) is 5.59. The number of carboxylic acids is 1. The van der Waals surface area contributed by atoms with Crippen molar-refractivity contribution < 1.29 is 23.8 Å². The van der Waals surface area contributed by atoms with E-state index in [4.69, 9.17) is 9.15 Å². The molecule has 1 heterocycles. The molecule has 2 aromatic rings. The minimum absolute atomic E-state index is 0.303. The van der Waals surface area contributed by atoms with Crippen LogP contribution in [0, 0.1) is 6.92 Å². The number of carbonyl (C=O) groups is 2. The van der Waals surface area contributed by atoms with Gasteiger partial charge < -0.3 is 24.4 Å². The molecule has 29 heavy (non-hydrogen) atoms. The molecule has 7 nitrogen and oxygen atoms in total. The molecule has 2 atom stereocenters. The van der Waals surface area contributed by atoms with E-state index in [1.165, 1.54) is 13.0 Å². The largest absolute Gasteiger partial charge is 0.548 e. The number of aliphatic carboxylic acids is 1. The summed E-state index contributed by atoms with van der Waals surface area (Å²) in [5.41, 5.74) is 1.52. The number of aryl methyl sites for hydroxylation is 2. The molecule has 0 bridgehead atoms. The standard InChI is InChI=1S/C22H29NO6/c1-5-7-9-17(22(26)27)23-21(25)14(4)28-18-11-10-16-15(8-6-2)12-19(24)29-20(16)13(18)3/h10-12,14,17H,5-9H2,1-4H3,(H,23,25)(H,26,27)/p-1/t14-,17-/m1/s1. The summed E-state index contributed by atoms with van der Waals surface area (Å²) in [6, 6.07) is 3.98. The average Bonchev–Trinajstić information content (AvgIpc) is 2.67. The second kappa shape index (κ2) is 10.1. The van der Waals surface area contributed by atoms with Gasteiger partial charge in [0.05, 0.1) is 12.0 Å². The fourth-order valence-corrected chi connectivity index (χ4v) is 3.20. The summed E-state index contributed by atoms with van der Waals surface area (Å²) < 4.78 is 11.1. The molecule has 0 spiro atoms. The van der Waals surface area contributed by atoms with E-state index in [-0.39, 0.29) is 0 Å². The average molecular weight is 402 g/mol. The van der Waals surface area contributed by atoms with E-state index in [0.717, 1.165) is 30.2 Å². The molecule has 1 N–H and O–H groups in total. The first kappa shape index (κ1) is 22.5. The number of benzene rings is 1. The zero-order valence-electron chi connectivity index (χ0n) is 17.4. The van der Waals surface area contributed by atoms with Gasteiger partial charge in [-0.25, -0.2) is 4.79 Å². The Hall–Kier alpha value is -2.83. The molecule has 0 aliphatic heterocycles. The summed E-state index contributed by atoms with van der Waals surface area (Å²) in [4.78, 5) is 35.5. The van der Waals surface area contributed by atoms with E-state index in [2.05, 4.69) is 5.32 Å². The molecule has 7 heteroatoms. The van der Waals surface area contributed by atoms with Crippen LogP contribution < -0.4 is 20.8 Å². The van der Waals surface area contributed by atoms with E-state index >= 15 is 0 Å². The first-order valence-corrected chi connectivity index (χ1v) is 10.0. The van der Waals surface area contributed by atoms with Gasteiger partial charge in [0, 0.05) is 17.0 Å². The maximum Gasteiger partial charge on any atom is 0.336 e. The smallest absolute Gasteiger partial charge is 0.336 e. The fraction of sp³-hybridized carbons (Fsp3) is 0.500. The number of hydrogen-bond donors (Lipinski definition) is 1. The number of carboxylic acid groups (broad SMARTS) is 1. The number of carbonyl (C=O) groups excluding carboxylic acids is 2. The Morgan fingerprint density at radius 3 is 2.59 bits per heavy atom. The lowest BCUT2D eigenvalue weighted by Gasteiger charge is -2.23. The summed E-state index contributed by atoms with van der Waals surface area (Å²) in [6.45, 7) is 7.26. The molecule has 0 fully saturated rings. The number of nitrogens with one attached hydrogen (secondary N) is 1. The van der Waals surface area contributed by atoms with Crippen LogP contribution in [0.2, 0.25) is 0 Å². The van der Waals surface area contributed by atoms with Crippen molar-refractivity contribution in [2.24, 2.45) is 0 Å². The quantitative estimate of drug-likeness (QED) is 0.611. The van der Waals surface area contributed by atoms with Crippen molar-refractivity contribution in [2.45, 2.75) is 71.9 Å². The van der Waals surface area contributed by atoms with Crippen LogP contribution in [0.4, 0.5) is 0 Å². The molecule has 1 aromatic carbocycles. The number of unbranched alkanes of at least 4 members (excludes halogenated alkanes) is 1. The number of amides is 1. The summed E-state index contributed by atoms with van der Waals surface area (Å²) in [5, 5.41) is 14.5. The van der Waals surface area contributed by atoms with E-state index in [1.807, 2.05) is 13.8 Å². The summed E-state index contributed by atoms with van der Waals surface area (Å²) >= 11 is 0. The molecule has 2 rings (SSSR count). The maximum atomic E-state index is 12.4. The van der Waals surface area contributed by atoms with Crippen molar-refractivity contribution in [1.82, 2.24) is 5.32 Å². The molecular formula is C22H28NO6-. The number of rotatable bonds is 10. The highest BCUT2D eigenvalue weighted by molar-refractivity contribution is 5.87. The van der Waals surface area contributed by atoms with E-state index in [1.54, 1.807) is 19.1 Å². The van der Waals surface area contributed by atoms with Gasteiger partial charge >= 0.3 is 5.63 Å². The van der Waals surface area contributed by atoms with E-state index in [9.17, 15) is 19.5 Å². The Morgan fingerprint density at radius 1 is 1.24 bits per heavy atom. The lowest BCUT2D eigenvalue weighted by Crippen LogP contribution is -2.51. The third-order valence-electron chi connectivity index (χ3n) is 4.84. The zero-order chi connectivity index (χ0) is 21.6. The molecule has 0 unspecified atom stereocenters. The summed E-state index contributed by atoms with van der Waals surface area (Å²) in [7, 11) is 0. The topological polar surface area (TPSA) is 109 Å². The van der Waals surface area contributed by atoms with Crippen LogP contribution in [0.3, 0.4) is 0 Å². The minimum atomic E-state index is -1.31. The molecular weight excluding hydrogens is 374 g/mol. The van der Waals surface area contributed by atoms with Crippen molar-refractivity contribution in [1.29, 1.82) is 0 Å². The van der Waals surface area contributed by atoms with E-state index < -0.39 is 29.6 Å². The Kier molecular flexibility index (Phi) is 7.82. The van der Waals surface area contributed by atoms with Gasteiger partial charge in [-0.05, 0) is 44.4 Å². The molecule has 0 saturated carbocycles. The second-order valence-corrected chi connectivity index (χ2v) is 7.19. The highest BCUT2D eigenvalue weighted by atomic mass is 16.5. The highest BCUT2D eigenvalue weighted by Crippen LogP contribution is 2.29. The molecule has 1 amide bonds. The second-order valence-electron chi connectivity index (χ2n) is 7.19. The number of ether oxygens (including phenoxy) is 1. The van der Waals surface area contributed by atoms with Gasteiger partial charge in [0.25, 0.3) is 5.91 Å². The van der Waals surface area contributed by atoms with Gasteiger partial charge in [-0.15, -0.1) is 0 Å². The predicted molar refractivity (Wildman–Crippen MR) is 108 cm³/mol. The van der Waals surface area contributed by atoms with Crippen molar-refractivity contribution in [3.05, 3.63) is 39.7 Å². The van der Waals surface area contributed by atoms with Crippen LogP contribution in [0.5, 0.6) is 5.75 Å². The third-order valence-corrected chi connectivity index (χ3v) is 4.84. The van der Waals surface area contributed by atoms with Gasteiger partial charge in [0.1, 0.15) is 11.3 Å². The molecule has 1 aromatic heterocycles. The lowest BCUT2D eigenvalue weighted by molar-refractivity contribution is -0.308. The van der Waals surface area contributed by atoms with Gasteiger partial charge in [-0.2, -0.15) is 0 Å². The highest BCUT2D eigenvalue weighted by Gasteiger charge is 2.21. The number of fused-ring (bicyclic) bond motifs is 1. The van der Waals surface area contributed by atoms with Crippen LogP contribution in [0.1, 0.15) is 57.6 Å². The minimum Gasteiger partial charge on any atom is -0.548 e. The SMILES string of the molecule is CCCC[C@@H](NC(=O)[C@@H](C)Oc1ccc2c(CCC)cc(=O)oc2c1C)C(=O)[O-]. The summed E-state index contributed by atoms with van der Waals surface area (Å²) in [6.07, 6.45) is 2.50. The van der Waals surface area contributed by atoms with Gasteiger partial charge in [0.2, 0.25) is 0 Å². The van der Waals surface area contributed by atoms with Crippen molar-refractivity contribution in [3.63, 3.8) is 0 Å². The Labute approximate surface area is 170 Å². The first-order valence-electron chi connectivity index (χ1n) is 10.0. The Bertz CT molecular complexity index is 933. The van der Waals surface area contributed by atoms with Crippen molar-refractivity contribution in [3.8, 4) is 5.75 Å². The van der Waals surface area contributed by atoms with Crippen LogP contribution in [0.25, 0.3) is 11.0 Å². The van der Waals surface area contributed by atoms with Crippen molar-refractivity contribution >= 4 is 22.8 Å². The Morgan fingerprint density at radius 2 is 1.97 bits per heavy atom. The van der Waals surface area contributed by atoms with Crippen LogP contribution in [-0.4, -0.2) is 24.0 Å². The number of hydrogen-bond acceptors (Lipinski definition) is 6. The normalized spacial score (nSPS) is 13.1. The van der Waals surface area contributed by atoms with Gasteiger partial charge in [-0.3, -0.25) is 4.79 Å². The van der Waals surface area contributed by atoms with Crippen LogP contribution >= 0.6 is 0 Å². The van der Waals surface area contributed by atoms with Gasteiger partial charge in [0.15, 0.2) is 6.10 Å². The lowest BCUT2D eigenvalue weighted by atomic mass is 10.0. The fourth-order valence-electron chi connectivity index (χ4n) is 3.20. The molecule has 0 aliphatic carbocycles. The molecule has 0 radical (unpaired) electrons. The monoisotopic (exact) mass is 402 g/mol. The molecule has 0 aliphatic rings.